The predicted octanol–water partition coefficient (Wildman–Crippen LogP) is 1.22. The highest BCUT2D eigenvalue weighted by Gasteiger charge is 2.31. The number of likely N-dealkylation sites (tertiary alicyclic amines) is 1. The van der Waals surface area contributed by atoms with E-state index in [4.69, 9.17) is 0 Å². The predicted molar refractivity (Wildman–Crippen MR) is 51.3 cm³/mol. The standard InChI is InChI=1S/C10H20N2/c1-2-12-8-4-6-10(12)9-5-3-7-11-9/h9-11H,2-8H2,1H3/t9-,10+/m0/s1. The maximum atomic E-state index is 3.62. The SMILES string of the molecule is CCN1CCC[C@@H]1[C@@H]1CCCN1. The molecule has 2 atom stereocenters. The van der Waals surface area contributed by atoms with Gasteiger partial charge in [-0.25, -0.2) is 0 Å². The van der Waals surface area contributed by atoms with Crippen LogP contribution in [0.4, 0.5) is 0 Å². The summed E-state index contributed by atoms with van der Waals surface area (Å²) in [4.78, 5) is 2.64. The molecule has 0 spiro atoms. The average Bonchev–Trinajstić information content (AvgIpc) is 2.74. The summed E-state index contributed by atoms with van der Waals surface area (Å²) >= 11 is 0. The van der Waals surface area contributed by atoms with E-state index in [2.05, 4.69) is 17.1 Å². The van der Waals surface area contributed by atoms with E-state index in [1.165, 1.54) is 45.3 Å². The van der Waals surface area contributed by atoms with E-state index in [1.54, 1.807) is 0 Å². The zero-order valence-electron chi connectivity index (χ0n) is 8.05. The third kappa shape index (κ3) is 1.50. The van der Waals surface area contributed by atoms with Crippen LogP contribution in [0.2, 0.25) is 0 Å². The summed E-state index contributed by atoms with van der Waals surface area (Å²) < 4.78 is 0. The minimum Gasteiger partial charge on any atom is -0.312 e. The number of likely N-dealkylation sites (N-methyl/N-ethyl adjacent to an activating group) is 1. The van der Waals surface area contributed by atoms with Crippen molar-refractivity contribution >= 4 is 0 Å². The first-order valence-corrected chi connectivity index (χ1v) is 5.39. The highest BCUT2D eigenvalue weighted by Crippen LogP contribution is 2.23. The molecular formula is C10H20N2. The van der Waals surface area contributed by atoms with Crippen LogP contribution >= 0.6 is 0 Å². The lowest BCUT2D eigenvalue weighted by Gasteiger charge is -2.28. The van der Waals surface area contributed by atoms with Crippen LogP contribution in [0.25, 0.3) is 0 Å². The van der Waals surface area contributed by atoms with E-state index < -0.39 is 0 Å². The second-order valence-corrected chi connectivity index (χ2v) is 4.04. The van der Waals surface area contributed by atoms with Gasteiger partial charge in [-0.15, -0.1) is 0 Å². The van der Waals surface area contributed by atoms with E-state index in [0.717, 1.165) is 12.1 Å². The zero-order valence-corrected chi connectivity index (χ0v) is 8.05. The second kappa shape index (κ2) is 3.75. The molecule has 2 rings (SSSR count). The van der Waals surface area contributed by atoms with Gasteiger partial charge in [-0.05, 0) is 45.3 Å². The number of hydrogen-bond donors (Lipinski definition) is 1. The van der Waals surface area contributed by atoms with E-state index in [0.29, 0.717) is 0 Å². The lowest BCUT2D eigenvalue weighted by atomic mass is 10.0. The van der Waals surface area contributed by atoms with Gasteiger partial charge in [-0.1, -0.05) is 6.92 Å². The third-order valence-corrected chi connectivity index (χ3v) is 3.38. The molecule has 2 heterocycles. The summed E-state index contributed by atoms with van der Waals surface area (Å²) in [6, 6.07) is 1.67. The van der Waals surface area contributed by atoms with Crippen molar-refractivity contribution in [2.45, 2.75) is 44.7 Å². The highest BCUT2D eigenvalue weighted by molar-refractivity contribution is 4.91. The van der Waals surface area contributed by atoms with Crippen LogP contribution in [-0.2, 0) is 0 Å². The molecule has 2 heteroatoms. The maximum Gasteiger partial charge on any atom is 0.0249 e. The van der Waals surface area contributed by atoms with Crippen molar-refractivity contribution in [3.63, 3.8) is 0 Å². The Kier molecular flexibility index (Phi) is 2.66. The van der Waals surface area contributed by atoms with Gasteiger partial charge in [0.1, 0.15) is 0 Å². The molecule has 0 radical (unpaired) electrons. The van der Waals surface area contributed by atoms with Crippen LogP contribution < -0.4 is 5.32 Å². The maximum absolute atomic E-state index is 3.62. The monoisotopic (exact) mass is 168 g/mol. The van der Waals surface area contributed by atoms with Gasteiger partial charge in [0.25, 0.3) is 0 Å². The fourth-order valence-corrected chi connectivity index (χ4v) is 2.74. The molecular weight excluding hydrogens is 148 g/mol. The number of nitrogens with zero attached hydrogens (tertiary/aromatic N) is 1. The van der Waals surface area contributed by atoms with Gasteiger partial charge in [-0.3, -0.25) is 4.90 Å². The molecule has 0 aliphatic carbocycles. The van der Waals surface area contributed by atoms with Crippen molar-refractivity contribution in [2.24, 2.45) is 0 Å². The highest BCUT2D eigenvalue weighted by atomic mass is 15.2. The smallest absolute Gasteiger partial charge is 0.0249 e. The summed E-state index contributed by atoms with van der Waals surface area (Å²) in [5.74, 6) is 0. The number of hydrogen-bond acceptors (Lipinski definition) is 2. The molecule has 0 aromatic rings. The molecule has 0 aromatic carbocycles. The van der Waals surface area contributed by atoms with Crippen molar-refractivity contribution < 1.29 is 0 Å². The van der Waals surface area contributed by atoms with Gasteiger partial charge in [0, 0.05) is 12.1 Å². The Morgan fingerprint density at radius 2 is 2.25 bits per heavy atom. The van der Waals surface area contributed by atoms with E-state index >= 15 is 0 Å². The Morgan fingerprint density at radius 3 is 2.92 bits per heavy atom. The number of nitrogens with one attached hydrogen (secondary N) is 1. The quantitative estimate of drug-likeness (QED) is 0.667. The first-order valence-electron chi connectivity index (χ1n) is 5.39. The Balaban J connectivity index is 1.92. The molecule has 2 aliphatic heterocycles. The Bertz CT molecular complexity index is 141. The van der Waals surface area contributed by atoms with Crippen LogP contribution in [0, 0.1) is 0 Å². The van der Waals surface area contributed by atoms with Gasteiger partial charge >= 0.3 is 0 Å². The molecule has 2 nitrogen and oxygen atoms in total. The third-order valence-electron chi connectivity index (χ3n) is 3.38. The molecule has 12 heavy (non-hydrogen) atoms. The van der Waals surface area contributed by atoms with Crippen molar-refractivity contribution in [3.05, 3.63) is 0 Å². The molecule has 2 saturated heterocycles. The van der Waals surface area contributed by atoms with Crippen molar-refractivity contribution in [2.75, 3.05) is 19.6 Å². The van der Waals surface area contributed by atoms with Crippen LogP contribution in [0.1, 0.15) is 32.6 Å². The minimum atomic E-state index is 0.812. The summed E-state index contributed by atoms with van der Waals surface area (Å²) in [6.45, 7) is 6.11. The van der Waals surface area contributed by atoms with Gasteiger partial charge in [0.05, 0.1) is 0 Å². The molecule has 2 fully saturated rings. The molecule has 2 aliphatic rings. The summed E-state index contributed by atoms with van der Waals surface area (Å²) in [7, 11) is 0. The minimum absolute atomic E-state index is 0.812. The average molecular weight is 168 g/mol. The molecule has 0 amide bonds. The summed E-state index contributed by atoms with van der Waals surface area (Å²) in [5.41, 5.74) is 0. The second-order valence-electron chi connectivity index (χ2n) is 4.04. The first-order chi connectivity index (χ1) is 5.92. The lowest BCUT2D eigenvalue weighted by molar-refractivity contribution is 0.225. The Hall–Kier alpha value is -0.0800. The molecule has 0 bridgehead atoms. The van der Waals surface area contributed by atoms with Crippen molar-refractivity contribution in [1.82, 2.24) is 10.2 Å². The molecule has 0 aromatic heterocycles. The number of rotatable bonds is 2. The summed E-state index contributed by atoms with van der Waals surface area (Å²) in [6.07, 6.45) is 5.63. The van der Waals surface area contributed by atoms with Gasteiger partial charge < -0.3 is 5.32 Å². The van der Waals surface area contributed by atoms with Crippen LogP contribution in [0.3, 0.4) is 0 Å². The van der Waals surface area contributed by atoms with E-state index in [-0.39, 0.29) is 0 Å². The lowest BCUT2D eigenvalue weighted by Crippen LogP contribution is -2.43. The largest absolute Gasteiger partial charge is 0.312 e. The fraction of sp³-hybridized carbons (Fsp3) is 1.00. The van der Waals surface area contributed by atoms with Crippen molar-refractivity contribution in [3.8, 4) is 0 Å². The molecule has 0 unspecified atom stereocenters. The fourth-order valence-electron chi connectivity index (χ4n) is 2.74. The van der Waals surface area contributed by atoms with E-state index in [9.17, 15) is 0 Å². The Morgan fingerprint density at radius 1 is 1.33 bits per heavy atom. The molecule has 70 valence electrons. The van der Waals surface area contributed by atoms with Crippen LogP contribution in [-0.4, -0.2) is 36.6 Å². The van der Waals surface area contributed by atoms with E-state index in [1.807, 2.05) is 0 Å². The van der Waals surface area contributed by atoms with Crippen LogP contribution in [0.15, 0.2) is 0 Å². The van der Waals surface area contributed by atoms with Gasteiger partial charge in [0.2, 0.25) is 0 Å². The normalized spacial score (nSPS) is 37.8. The Labute approximate surface area is 75.3 Å². The molecule has 0 saturated carbocycles. The van der Waals surface area contributed by atoms with Crippen molar-refractivity contribution in [1.29, 1.82) is 0 Å². The zero-order chi connectivity index (χ0) is 8.39. The van der Waals surface area contributed by atoms with Gasteiger partial charge in [0.15, 0.2) is 0 Å². The first kappa shape index (κ1) is 8.52. The van der Waals surface area contributed by atoms with Crippen LogP contribution in [0.5, 0.6) is 0 Å². The van der Waals surface area contributed by atoms with Gasteiger partial charge in [-0.2, -0.15) is 0 Å². The summed E-state index contributed by atoms with van der Waals surface area (Å²) in [5, 5.41) is 3.62. The topological polar surface area (TPSA) is 15.3 Å². The molecule has 1 N–H and O–H groups in total.